The molecule has 8 heteroatoms. The summed E-state index contributed by atoms with van der Waals surface area (Å²) < 4.78 is 2.17. The van der Waals surface area contributed by atoms with E-state index < -0.39 is 0 Å². The fourth-order valence-electron chi connectivity index (χ4n) is 3.39. The highest BCUT2D eigenvalue weighted by Gasteiger charge is 2.25. The van der Waals surface area contributed by atoms with Gasteiger partial charge in [0.25, 0.3) is 0 Å². The van der Waals surface area contributed by atoms with Crippen LogP contribution in [0.4, 0.5) is 0 Å². The van der Waals surface area contributed by atoms with Crippen LogP contribution >= 0.6 is 35.0 Å². The molecule has 1 heterocycles. The van der Waals surface area contributed by atoms with E-state index in [0.29, 0.717) is 21.8 Å². The molecule has 2 aromatic rings. The van der Waals surface area contributed by atoms with Crippen LogP contribution < -0.4 is 5.32 Å². The summed E-state index contributed by atoms with van der Waals surface area (Å²) in [5.74, 6) is 1.06. The second kappa shape index (κ2) is 9.30. The number of amides is 1. The molecule has 146 valence electrons. The Morgan fingerprint density at radius 3 is 2.67 bits per heavy atom. The summed E-state index contributed by atoms with van der Waals surface area (Å²) in [5, 5.41) is 13.6. The number of carbonyl (C=O) groups is 1. The second-order valence-corrected chi connectivity index (χ2v) is 8.89. The molecule has 0 spiro atoms. The van der Waals surface area contributed by atoms with Gasteiger partial charge in [0.1, 0.15) is 0 Å². The van der Waals surface area contributed by atoms with Gasteiger partial charge < -0.3 is 5.32 Å². The van der Waals surface area contributed by atoms with Crippen LogP contribution in [0.1, 0.15) is 52.0 Å². The number of benzene rings is 1. The van der Waals surface area contributed by atoms with E-state index in [2.05, 4.69) is 20.1 Å². The number of nitrogens with one attached hydrogen (secondary N) is 1. The molecule has 1 aliphatic carbocycles. The number of rotatable bonds is 6. The Bertz CT molecular complexity index is 803. The molecule has 3 rings (SSSR count). The van der Waals surface area contributed by atoms with Crippen LogP contribution in [0.5, 0.6) is 0 Å². The van der Waals surface area contributed by atoms with Crippen molar-refractivity contribution in [3.8, 4) is 11.4 Å². The van der Waals surface area contributed by atoms with Gasteiger partial charge in [0.15, 0.2) is 11.0 Å². The largest absolute Gasteiger partial charge is 0.353 e. The Morgan fingerprint density at radius 1 is 1.26 bits per heavy atom. The summed E-state index contributed by atoms with van der Waals surface area (Å²) in [6.45, 7) is 3.90. The predicted molar refractivity (Wildman–Crippen MR) is 112 cm³/mol. The van der Waals surface area contributed by atoms with Gasteiger partial charge in [-0.1, -0.05) is 54.2 Å². The molecule has 0 unspecified atom stereocenters. The molecule has 1 fully saturated rings. The predicted octanol–water partition coefficient (Wildman–Crippen LogP) is 5.37. The first-order chi connectivity index (χ1) is 13.0. The van der Waals surface area contributed by atoms with Gasteiger partial charge in [0, 0.05) is 22.7 Å². The maximum atomic E-state index is 12.1. The van der Waals surface area contributed by atoms with E-state index in [9.17, 15) is 4.79 Å². The number of halogens is 2. The van der Waals surface area contributed by atoms with Crippen LogP contribution in [0.3, 0.4) is 0 Å². The highest BCUT2D eigenvalue weighted by Crippen LogP contribution is 2.38. The van der Waals surface area contributed by atoms with Gasteiger partial charge in [0.2, 0.25) is 5.91 Å². The van der Waals surface area contributed by atoms with Crippen molar-refractivity contribution in [2.24, 2.45) is 0 Å². The summed E-state index contributed by atoms with van der Waals surface area (Å²) in [4.78, 5) is 12.1. The lowest BCUT2D eigenvalue weighted by molar-refractivity contribution is -0.119. The fourth-order valence-corrected chi connectivity index (χ4v) is 4.70. The Kier molecular flexibility index (Phi) is 7.06. The van der Waals surface area contributed by atoms with Crippen molar-refractivity contribution >= 4 is 40.9 Å². The maximum absolute atomic E-state index is 12.1. The normalized spacial score (nSPS) is 15.3. The third-order valence-corrected chi connectivity index (χ3v) is 6.05. The molecule has 0 atom stereocenters. The minimum Gasteiger partial charge on any atom is -0.353 e. The quantitative estimate of drug-likeness (QED) is 0.630. The molecule has 5 nitrogen and oxygen atoms in total. The van der Waals surface area contributed by atoms with Crippen molar-refractivity contribution in [3.05, 3.63) is 28.2 Å². The lowest BCUT2D eigenvalue weighted by atomic mass is 9.95. The summed E-state index contributed by atoms with van der Waals surface area (Å²) in [7, 11) is 0. The standard InChI is InChI=1S/C19H24Cl2N4OS/c1-12(2)22-17(26)11-27-19-24-23-18(15-9-8-13(20)10-16(15)21)25(19)14-6-4-3-5-7-14/h8-10,12,14H,3-7,11H2,1-2H3,(H,22,26). The molecule has 1 amide bonds. The number of hydrogen-bond acceptors (Lipinski definition) is 4. The van der Waals surface area contributed by atoms with Crippen molar-refractivity contribution < 1.29 is 4.79 Å². The van der Waals surface area contributed by atoms with Gasteiger partial charge in [-0.15, -0.1) is 10.2 Å². The second-order valence-electron chi connectivity index (χ2n) is 7.10. The molecule has 0 radical (unpaired) electrons. The maximum Gasteiger partial charge on any atom is 0.230 e. The van der Waals surface area contributed by atoms with Crippen LogP contribution in [0.25, 0.3) is 11.4 Å². The van der Waals surface area contributed by atoms with Crippen LogP contribution in [0, 0.1) is 0 Å². The van der Waals surface area contributed by atoms with Gasteiger partial charge in [-0.2, -0.15) is 0 Å². The number of thioether (sulfide) groups is 1. The molecular formula is C19H24Cl2N4OS. The van der Waals surface area contributed by atoms with Gasteiger partial charge >= 0.3 is 0 Å². The highest BCUT2D eigenvalue weighted by atomic mass is 35.5. The smallest absolute Gasteiger partial charge is 0.230 e. The highest BCUT2D eigenvalue weighted by molar-refractivity contribution is 7.99. The van der Waals surface area contributed by atoms with Crippen LogP contribution in [0.2, 0.25) is 10.0 Å². The summed E-state index contributed by atoms with van der Waals surface area (Å²) in [6.07, 6.45) is 5.81. The van der Waals surface area contributed by atoms with Gasteiger partial charge in [-0.25, -0.2) is 0 Å². The van der Waals surface area contributed by atoms with Gasteiger partial charge in [0.05, 0.1) is 10.8 Å². The molecule has 1 aliphatic rings. The molecule has 27 heavy (non-hydrogen) atoms. The topological polar surface area (TPSA) is 59.8 Å². The average molecular weight is 427 g/mol. The van der Waals surface area contributed by atoms with Crippen LogP contribution in [-0.2, 0) is 4.79 Å². The van der Waals surface area contributed by atoms with Crippen LogP contribution in [0.15, 0.2) is 23.4 Å². The minimum atomic E-state index is -0.000676. The van der Waals surface area contributed by atoms with Crippen molar-refractivity contribution in [2.75, 3.05) is 5.75 Å². The lowest BCUT2D eigenvalue weighted by Crippen LogP contribution is -2.31. The van der Waals surface area contributed by atoms with E-state index >= 15 is 0 Å². The zero-order valence-corrected chi connectivity index (χ0v) is 17.9. The Morgan fingerprint density at radius 2 is 2.00 bits per heavy atom. The molecule has 1 saturated carbocycles. The Hall–Kier alpha value is -1.24. The van der Waals surface area contributed by atoms with Crippen molar-refractivity contribution in [1.29, 1.82) is 0 Å². The summed E-state index contributed by atoms with van der Waals surface area (Å²) >= 11 is 13.9. The molecule has 0 saturated heterocycles. The van der Waals surface area contributed by atoms with Crippen LogP contribution in [-0.4, -0.2) is 32.5 Å². The van der Waals surface area contributed by atoms with Crippen molar-refractivity contribution in [1.82, 2.24) is 20.1 Å². The zero-order valence-electron chi connectivity index (χ0n) is 15.5. The first kappa shape index (κ1) is 20.5. The number of aromatic nitrogens is 3. The molecular weight excluding hydrogens is 403 g/mol. The number of hydrogen-bond donors (Lipinski definition) is 1. The third kappa shape index (κ3) is 5.18. The molecule has 0 aliphatic heterocycles. The molecule has 1 aromatic carbocycles. The van der Waals surface area contributed by atoms with E-state index in [1.807, 2.05) is 26.0 Å². The van der Waals surface area contributed by atoms with E-state index in [1.165, 1.54) is 31.0 Å². The van der Waals surface area contributed by atoms with Crippen molar-refractivity contribution in [3.63, 3.8) is 0 Å². The van der Waals surface area contributed by atoms with Gasteiger partial charge in [-0.3, -0.25) is 9.36 Å². The first-order valence-corrected chi connectivity index (χ1v) is 11.0. The van der Waals surface area contributed by atoms with E-state index in [1.54, 1.807) is 6.07 Å². The monoisotopic (exact) mass is 426 g/mol. The molecule has 1 N–H and O–H groups in total. The number of nitrogens with zero attached hydrogens (tertiary/aromatic N) is 3. The summed E-state index contributed by atoms with van der Waals surface area (Å²) in [6, 6.07) is 5.87. The fraction of sp³-hybridized carbons (Fsp3) is 0.526. The van der Waals surface area contributed by atoms with E-state index in [0.717, 1.165) is 29.4 Å². The Balaban J connectivity index is 1.91. The zero-order chi connectivity index (χ0) is 19.4. The minimum absolute atomic E-state index is 0.000676. The van der Waals surface area contributed by atoms with E-state index in [4.69, 9.17) is 23.2 Å². The SMILES string of the molecule is CC(C)NC(=O)CSc1nnc(-c2ccc(Cl)cc2Cl)n1C1CCCCC1. The average Bonchev–Trinajstić information content (AvgIpc) is 3.04. The van der Waals surface area contributed by atoms with Gasteiger partial charge in [-0.05, 0) is 44.9 Å². The third-order valence-electron chi connectivity index (χ3n) is 4.56. The first-order valence-electron chi connectivity index (χ1n) is 9.28. The van der Waals surface area contributed by atoms with E-state index in [-0.39, 0.29) is 11.9 Å². The van der Waals surface area contributed by atoms with Crippen molar-refractivity contribution in [2.45, 2.75) is 63.2 Å². The molecule has 1 aromatic heterocycles. The summed E-state index contributed by atoms with van der Waals surface area (Å²) in [5.41, 5.74) is 0.817. The number of carbonyl (C=O) groups excluding carboxylic acids is 1. The Labute approximate surface area is 174 Å². The molecule has 0 bridgehead atoms. The lowest BCUT2D eigenvalue weighted by Gasteiger charge is -2.25.